The fourth-order valence-electron chi connectivity index (χ4n) is 1.28. The summed E-state index contributed by atoms with van der Waals surface area (Å²) in [6, 6.07) is 9.39. The maximum absolute atomic E-state index is 8.67. The van der Waals surface area contributed by atoms with E-state index in [4.69, 9.17) is 11.0 Å². The van der Waals surface area contributed by atoms with E-state index in [0.29, 0.717) is 18.1 Å². The van der Waals surface area contributed by atoms with Gasteiger partial charge in [-0.15, -0.1) is 0 Å². The quantitative estimate of drug-likeness (QED) is 0.600. The van der Waals surface area contributed by atoms with E-state index in [0.717, 1.165) is 5.56 Å². The minimum absolute atomic E-state index is 0.0851. The van der Waals surface area contributed by atoms with Crippen molar-refractivity contribution < 1.29 is 0 Å². The highest BCUT2D eigenvalue weighted by atomic mass is 15.1. The normalized spacial score (nSPS) is 12.0. The molecule has 3 N–H and O–H groups in total. The van der Waals surface area contributed by atoms with Gasteiger partial charge in [0.15, 0.2) is 5.96 Å². The molecule has 0 aliphatic rings. The Bertz CT molecular complexity index is 432. The number of nitrogens with two attached hydrogens (primary N) is 1. The minimum atomic E-state index is -0.0851. The third kappa shape index (κ3) is 5.03. The number of benzene rings is 1. The second-order valence-corrected chi connectivity index (χ2v) is 4.89. The molecule has 1 rings (SSSR count). The van der Waals surface area contributed by atoms with Crippen molar-refractivity contribution in [1.82, 2.24) is 5.32 Å². The number of guanidine groups is 1. The van der Waals surface area contributed by atoms with Gasteiger partial charge < -0.3 is 11.1 Å². The van der Waals surface area contributed by atoms with Gasteiger partial charge in [-0.1, -0.05) is 12.1 Å². The van der Waals surface area contributed by atoms with E-state index < -0.39 is 0 Å². The molecule has 1 aromatic rings. The molecule has 0 aliphatic carbocycles. The molecule has 0 saturated heterocycles. The van der Waals surface area contributed by atoms with E-state index in [2.05, 4.69) is 16.4 Å². The van der Waals surface area contributed by atoms with Crippen molar-refractivity contribution in [2.24, 2.45) is 10.7 Å². The van der Waals surface area contributed by atoms with Crippen LogP contribution in [0.1, 0.15) is 31.9 Å². The lowest BCUT2D eigenvalue weighted by atomic mass is 10.1. The van der Waals surface area contributed by atoms with E-state index in [9.17, 15) is 0 Å². The van der Waals surface area contributed by atoms with Gasteiger partial charge in [0, 0.05) is 5.54 Å². The molecule has 0 bridgehead atoms. The summed E-state index contributed by atoms with van der Waals surface area (Å²) < 4.78 is 0. The summed E-state index contributed by atoms with van der Waals surface area (Å²) in [5.74, 6) is 0.432. The third-order valence-electron chi connectivity index (χ3n) is 2.02. The SMILES string of the molecule is CC(C)(C)NC(N)=NCc1ccc(C#N)cc1. The van der Waals surface area contributed by atoms with Crippen molar-refractivity contribution in [3.63, 3.8) is 0 Å². The molecule has 0 spiro atoms. The molecule has 17 heavy (non-hydrogen) atoms. The molecule has 4 nitrogen and oxygen atoms in total. The van der Waals surface area contributed by atoms with Crippen LogP contribution in [0.15, 0.2) is 29.3 Å². The predicted octanol–water partition coefficient (Wildman–Crippen LogP) is 1.76. The number of aliphatic imine (C=N–C) groups is 1. The number of nitrogens with one attached hydrogen (secondary N) is 1. The topological polar surface area (TPSA) is 74.2 Å². The summed E-state index contributed by atoms with van der Waals surface area (Å²) in [4.78, 5) is 4.24. The highest BCUT2D eigenvalue weighted by Crippen LogP contribution is 2.04. The Morgan fingerprint density at radius 2 is 1.94 bits per heavy atom. The summed E-state index contributed by atoms with van der Waals surface area (Å²) in [6.45, 7) is 6.59. The minimum Gasteiger partial charge on any atom is -0.370 e. The molecule has 0 aliphatic heterocycles. The van der Waals surface area contributed by atoms with Gasteiger partial charge in [0.1, 0.15) is 0 Å². The van der Waals surface area contributed by atoms with E-state index >= 15 is 0 Å². The highest BCUT2D eigenvalue weighted by Gasteiger charge is 2.09. The monoisotopic (exact) mass is 230 g/mol. The van der Waals surface area contributed by atoms with Gasteiger partial charge in [-0.05, 0) is 38.5 Å². The fraction of sp³-hybridized carbons (Fsp3) is 0.385. The lowest BCUT2D eigenvalue weighted by Gasteiger charge is -2.20. The van der Waals surface area contributed by atoms with Crippen molar-refractivity contribution in [3.05, 3.63) is 35.4 Å². The van der Waals surface area contributed by atoms with Crippen LogP contribution in [0.4, 0.5) is 0 Å². The van der Waals surface area contributed by atoms with Crippen LogP contribution in [0.3, 0.4) is 0 Å². The number of hydrogen-bond donors (Lipinski definition) is 2. The second kappa shape index (κ2) is 5.35. The first-order valence-corrected chi connectivity index (χ1v) is 5.48. The van der Waals surface area contributed by atoms with Gasteiger partial charge >= 0.3 is 0 Å². The smallest absolute Gasteiger partial charge is 0.189 e. The number of hydrogen-bond acceptors (Lipinski definition) is 2. The molecular weight excluding hydrogens is 212 g/mol. The number of rotatable bonds is 2. The van der Waals surface area contributed by atoms with Crippen LogP contribution in [0.2, 0.25) is 0 Å². The van der Waals surface area contributed by atoms with Gasteiger partial charge in [0.05, 0.1) is 18.2 Å². The highest BCUT2D eigenvalue weighted by molar-refractivity contribution is 5.78. The van der Waals surface area contributed by atoms with Crippen LogP contribution in [0, 0.1) is 11.3 Å². The summed E-state index contributed by atoms with van der Waals surface area (Å²) in [5.41, 5.74) is 7.35. The third-order valence-corrected chi connectivity index (χ3v) is 2.02. The Balaban J connectivity index is 2.60. The molecular formula is C13H18N4. The van der Waals surface area contributed by atoms with E-state index in [1.807, 2.05) is 32.9 Å². The summed E-state index contributed by atoms with van der Waals surface area (Å²) in [5, 5.41) is 11.8. The van der Waals surface area contributed by atoms with E-state index in [1.165, 1.54) is 0 Å². The van der Waals surface area contributed by atoms with E-state index in [-0.39, 0.29) is 5.54 Å². The van der Waals surface area contributed by atoms with Gasteiger partial charge in [-0.25, -0.2) is 4.99 Å². The Morgan fingerprint density at radius 1 is 1.35 bits per heavy atom. The van der Waals surface area contributed by atoms with E-state index in [1.54, 1.807) is 12.1 Å². The summed E-state index contributed by atoms with van der Waals surface area (Å²) >= 11 is 0. The van der Waals surface area contributed by atoms with Gasteiger partial charge in [-0.2, -0.15) is 5.26 Å². The van der Waals surface area contributed by atoms with Crippen LogP contribution < -0.4 is 11.1 Å². The molecule has 0 unspecified atom stereocenters. The molecule has 0 aromatic heterocycles. The molecule has 1 aromatic carbocycles. The zero-order valence-corrected chi connectivity index (χ0v) is 10.5. The first kappa shape index (κ1) is 13.0. The second-order valence-electron chi connectivity index (χ2n) is 4.89. The fourth-order valence-corrected chi connectivity index (χ4v) is 1.28. The molecule has 4 heteroatoms. The number of nitrogens with zero attached hydrogens (tertiary/aromatic N) is 2. The van der Waals surface area contributed by atoms with Crippen molar-refractivity contribution in [3.8, 4) is 6.07 Å². The molecule has 0 saturated carbocycles. The van der Waals surface area contributed by atoms with Crippen LogP contribution in [-0.4, -0.2) is 11.5 Å². The Hall–Kier alpha value is -2.02. The molecule has 0 heterocycles. The van der Waals surface area contributed by atoms with Crippen LogP contribution >= 0.6 is 0 Å². The van der Waals surface area contributed by atoms with Gasteiger partial charge in [-0.3, -0.25) is 0 Å². The van der Waals surface area contributed by atoms with Crippen LogP contribution in [0.5, 0.6) is 0 Å². The summed E-state index contributed by atoms with van der Waals surface area (Å²) in [6.07, 6.45) is 0. The standard InChI is InChI=1S/C13H18N4/c1-13(2,3)17-12(15)16-9-11-6-4-10(8-14)5-7-11/h4-7H,9H2,1-3H3,(H3,15,16,17). The average molecular weight is 230 g/mol. The van der Waals surface area contributed by atoms with Crippen LogP contribution in [-0.2, 0) is 6.54 Å². The molecule has 90 valence electrons. The Kier molecular flexibility index (Phi) is 4.11. The maximum atomic E-state index is 8.67. The Labute approximate surface area is 102 Å². The molecule has 0 radical (unpaired) electrons. The predicted molar refractivity (Wildman–Crippen MR) is 69.4 cm³/mol. The van der Waals surface area contributed by atoms with Gasteiger partial charge in [0.25, 0.3) is 0 Å². The first-order chi connectivity index (χ1) is 7.90. The molecule has 0 atom stereocenters. The Morgan fingerprint density at radius 3 is 2.41 bits per heavy atom. The lowest BCUT2D eigenvalue weighted by molar-refractivity contribution is 0.508. The van der Waals surface area contributed by atoms with Gasteiger partial charge in [0.2, 0.25) is 0 Å². The zero-order chi connectivity index (χ0) is 12.9. The van der Waals surface area contributed by atoms with Crippen molar-refractivity contribution in [1.29, 1.82) is 5.26 Å². The lowest BCUT2D eigenvalue weighted by Crippen LogP contribution is -2.44. The number of nitriles is 1. The molecule has 0 fully saturated rings. The molecule has 0 amide bonds. The largest absolute Gasteiger partial charge is 0.370 e. The first-order valence-electron chi connectivity index (χ1n) is 5.48. The average Bonchev–Trinajstić information content (AvgIpc) is 2.25. The van der Waals surface area contributed by atoms with Crippen molar-refractivity contribution in [2.45, 2.75) is 32.9 Å². The summed E-state index contributed by atoms with van der Waals surface area (Å²) in [7, 11) is 0. The van der Waals surface area contributed by atoms with Crippen molar-refractivity contribution in [2.75, 3.05) is 0 Å². The van der Waals surface area contributed by atoms with Crippen LogP contribution in [0.25, 0.3) is 0 Å². The van der Waals surface area contributed by atoms with Crippen molar-refractivity contribution >= 4 is 5.96 Å². The maximum Gasteiger partial charge on any atom is 0.189 e. The zero-order valence-electron chi connectivity index (χ0n) is 10.5.